The van der Waals surface area contributed by atoms with Crippen LogP contribution in [0.2, 0.25) is 0 Å². The zero-order valence-electron chi connectivity index (χ0n) is 18.8. The van der Waals surface area contributed by atoms with Crippen LogP contribution in [0.4, 0.5) is 4.79 Å². The molecule has 0 fully saturated rings. The first kappa shape index (κ1) is 26.6. The number of carbonyl (C=O) groups excluding carboxylic acids is 1. The molecule has 2 aromatic rings. The van der Waals surface area contributed by atoms with Crippen molar-refractivity contribution >= 4 is 32.8 Å². The molecule has 32 heavy (non-hydrogen) atoms. The molecule has 0 aromatic heterocycles. The molecule has 2 N–H and O–H groups in total. The number of aliphatic hydroxyl groups excluding tert-OH is 1. The van der Waals surface area contributed by atoms with Crippen LogP contribution in [0, 0.1) is 6.92 Å². The van der Waals surface area contributed by atoms with Gasteiger partial charge in [0, 0.05) is 9.72 Å². The highest BCUT2D eigenvalue weighted by atomic mass is 79.9. The lowest BCUT2D eigenvalue weighted by molar-refractivity contribution is 0.109. The second kappa shape index (κ2) is 14.4. The van der Waals surface area contributed by atoms with E-state index in [1.54, 1.807) is 0 Å². The van der Waals surface area contributed by atoms with Crippen molar-refractivity contribution in [2.45, 2.75) is 74.4 Å². The van der Waals surface area contributed by atoms with Gasteiger partial charge in [-0.2, -0.15) is 0 Å². The molecule has 0 bridgehead atoms. The Labute approximate surface area is 202 Å². The number of unbranched alkanes of at least 4 members (excludes halogenated alkanes) is 3. The third-order valence-corrected chi connectivity index (χ3v) is 7.71. The third-order valence-electron chi connectivity index (χ3n) is 5.24. The molecule has 4 atom stereocenters. The van der Waals surface area contributed by atoms with E-state index in [1.807, 2.05) is 61.5 Å². The van der Waals surface area contributed by atoms with Gasteiger partial charge in [0.1, 0.15) is 6.61 Å². The number of rotatable bonds is 13. The second-order valence-electron chi connectivity index (χ2n) is 7.99. The van der Waals surface area contributed by atoms with E-state index in [-0.39, 0.29) is 17.2 Å². The number of amides is 1. The molecule has 7 heteroatoms. The van der Waals surface area contributed by atoms with Crippen molar-refractivity contribution in [1.82, 2.24) is 5.32 Å². The van der Waals surface area contributed by atoms with Crippen LogP contribution in [-0.2, 0) is 22.1 Å². The summed E-state index contributed by atoms with van der Waals surface area (Å²) >= 11 is 3.65. The van der Waals surface area contributed by atoms with E-state index in [1.165, 1.54) is 0 Å². The van der Waals surface area contributed by atoms with E-state index in [4.69, 9.17) is 4.74 Å². The topological polar surface area (TPSA) is 75.6 Å². The van der Waals surface area contributed by atoms with E-state index < -0.39 is 29.0 Å². The van der Waals surface area contributed by atoms with Gasteiger partial charge in [0.25, 0.3) is 0 Å². The molecule has 1 amide bonds. The summed E-state index contributed by atoms with van der Waals surface area (Å²) < 4.78 is 18.1. The van der Waals surface area contributed by atoms with Gasteiger partial charge in [-0.3, -0.25) is 4.21 Å². The minimum Gasteiger partial charge on any atom is -0.445 e. The fraction of sp³-hybridized carbons (Fsp3) is 0.480. The molecule has 2 rings (SSSR count). The predicted molar refractivity (Wildman–Crippen MR) is 133 cm³/mol. The Morgan fingerprint density at radius 1 is 1.09 bits per heavy atom. The van der Waals surface area contributed by atoms with Crippen LogP contribution in [0.15, 0.2) is 59.5 Å². The highest BCUT2D eigenvalue weighted by Crippen LogP contribution is 2.20. The number of ether oxygens (including phenoxy) is 1. The van der Waals surface area contributed by atoms with Crippen molar-refractivity contribution < 1.29 is 18.8 Å². The Balaban J connectivity index is 2.00. The van der Waals surface area contributed by atoms with Crippen molar-refractivity contribution in [2.24, 2.45) is 0 Å². The Morgan fingerprint density at radius 2 is 1.78 bits per heavy atom. The Morgan fingerprint density at radius 3 is 2.44 bits per heavy atom. The van der Waals surface area contributed by atoms with Crippen LogP contribution in [0.1, 0.15) is 50.2 Å². The van der Waals surface area contributed by atoms with Gasteiger partial charge < -0.3 is 15.2 Å². The number of alkyl halides is 1. The fourth-order valence-corrected chi connectivity index (χ4v) is 5.28. The lowest BCUT2D eigenvalue weighted by Gasteiger charge is -2.28. The zero-order chi connectivity index (χ0) is 23.3. The first-order valence-electron chi connectivity index (χ1n) is 11.1. The van der Waals surface area contributed by atoms with Gasteiger partial charge >= 0.3 is 6.09 Å². The summed E-state index contributed by atoms with van der Waals surface area (Å²) in [5.74, 6) is 0.0315. The SMILES string of the molecule is CCCCCC[C@@H](Br)[C@H](NC(=O)OCc1ccccc1)[C@H](O)C[S@](=O)c1ccc(C)cc1. The third kappa shape index (κ3) is 9.43. The largest absolute Gasteiger partial charge is 0.445 e. The minimum absolute atomic E-state index is 0.0315. The van der Waals surface area contributed by atoms with E-state index in [0.29, 0.717) is 4.90 Å². The molecule has 0 saturated carbocycles. The minimum atomic E-state index is -1.38. The predicted octanol–water partition coefficient (Wildman–Crippen LogP) is 5.49. The van der Waals surface area contributed by atoms with Crippen LogP contribution in [0.5, 0.6) is 0 Å². The lowest BCUT2D eigenvalue weighted by atomic mass is 10.0. The fourth-order valence-electron chi connectivity index (χ4n) is 3.32. The molecule has 0 unspecified atom stereocenters. The average Bonchev–Trinajstić information content (AvgIpc) is 2.79. The maximum atomic E-state index is 12.8. The molecule has 0 radical (unpaired) electrons. The number of hydrogen-bond acceptors (Lipinski definition) is 4. The molecular formula is C25H34BrNO4S. The Hall–Kier alpha value is -1.70. The quantitative estimate of drug-likeness (QED) is 0.268. The lowest BCUT2D eigenvalue weighted by Crippen LogP contribution is -2.50. The molecule has 0 aliphatic heterocycles. The first-order valence-corrected chi connectivity index (χ1v) is 13.4. The number of alkyl carbamates (subject to hydrolysis) is 1. The molecule has 0 saturated heterocycles. The average molecular weight is 525 g/mol. The number of halogens is 1. The number of aryl methyl sites for hydroxylation is 1. The van der Waals surface area contributed by atoms with E-state index in [2.05, 4.69) is 28.2 Å². The van der Waals surface area contributed by atoms with Crippen molar-refractivity contribution in [3.8, 4) is 0 Å². The smallest absolute Gasteiger partial charge is 0.407 e. The maximum Gasteiger partial charge on any atom is 0.407 e. The summed E-state index contributed by atoms with van der Waals surface area (Å²) in [6.45, 7) is 4.27. The number of benzene rings is 2. The summed E-state index contributed by atoms with van der Waals surface area (Å²) in [6, 6.07) is 16.2. The molecule has 2 aromatic carbocycles. The van der Waals surface area contributed by atoms with Crippen LogP contribution in [-0.4, -0.2) is 38.1 Å². The summed E-state index contributed by atoms with van der Waals surface area (Å²) in [7, 11) is -1.38. The van der Waals surface area contributed by atoms with Crippen LogP contribution < -0.4 is 5.32 Å². The summed E-state index contributed by atoms with van der Waals surface area (Å²) in [5, 5.41) is 13.7. The number of carbonyl (C=O) groups is 1. The number of nitrogens with one attached hydrogen (secondary N) is 1. The molecule has 5 nitrogen and oxygen atoms in total. The molecule has 0 aliphatic carbocycles. The van der Waals surface area contributed by atoms with Crippen LogP contribution >= 0.6 is 15.9 Å². The molecule has 0 heterocycles. The maximum absolute atomic E-state index is 12.8. The second-order valence-corrected chi connectivity index (χ2v) is 10.7. The molecule has 176 valence electrons. The number of hydrogen-bond donors (Lipinski definition) is 2. The monoisotopic (exact) mass is 523 g/mol. The van der Waals surface area contributed by atoms with Gasteiger partial charge in [-0.15, -0.1) is 0 Å². The molecule has 0 aliphatic rings. The van der Waals surface area contributed by atoms with Crippen LogP contribution in [0.25, 0.3) is 0 Å². The van der Waals surface area contributed by atoms with Gasteiger partial charge in [0.2, 0.25) is 0 Å². The van der Waals surface area contributed by atoms with Crippen molar-refractivity contribution in [3.63, 3.8) is 0 Å². The van der Waals surface area contributed by atoms with E-state index in [9.17, 15) is 14.1 Å². The summed E-state index contributed by atoms with van der Waals surface area (Å²) in [5.41, 5.74) is 1.97. The van der Waals surface area contributed by atoms with Crippen molar-refractivity contribution in [3.05, 3.63) is 65.7 Å². The van der Waals surface area contributed by atoms with Gasteiger partial charge in [0.05, 0.1) is 28.7 Å². The number of aliphatic hydroxyl groups is 1. The standard InChI is InChI=1S/C25H34BrNO4S/c1-3-4-5-9-12-22(26)24(27-25(29)31-17-20-10-7-6-8-11-20)23(28)18-32(30)21-15-13-19(2)14-16-21/h6-8,10-11,13-16,22-24,28H,3-5,9,12,17-18H2,1-2H3,(H,27,29)/t22-,23-,24+,32+/m1/s1. The molecular weight excluding hydrogens is 490 g/mol. The van der Waals surface area contributed by atoms with Gasteiger partial charge in [-0.25, -0.2) is 4.79 Å². The Kier molecular flexibility index (Phi) is 12.0. The highest BCUT2D eigenvalue weighted by Gasteiger charge is 2.30. The van der Waals surface area contributed by atoms with Gasteiger partial charge in [-0.1, -0.05) is 96.6 Å². The van der Waals surface area contributed by atoms with E-state index in [0.717, 1.165) is 43.2 Å². The van der Waals surface area contributed by atoms with Crippen molar-refractivity contribution in [2.75, 3.05) is 5.75 Å². The van der Waals surface area contributed by atoms with Gasteiger partial charge in [0.15, 0.2) is 0 Å². The molecule has 0 spiro atoms. The summed E-state index contributed by atoms with van der Waals surface area (Å²) in [4.78, 5) is 13.0. The highest BCUT2D eigenvalue weighted by molar-refractivity contribution is 9.09. The van der Waals surface area contributed by atoms with Crippen molar-refractivity contribution in [1.29, 1.82) is 0 Å². The zero-order valence-corrected chi connectivity index (χ0v) is 21.2. The normalized spacial score (nSPS) is 14.9. The first-order chi connectivity index (χ1) is 15.4. The van der Waals surface area contributed by atoms with Gasteiger partial charge in [-0.05, 0) is 31.0 Å². The van der Waals surface area contributed by atoms with Crippen LogP contribution in [0.3, 0.4) is 0 Å². The van der Waals surface area contributed by atoms with E-state index >= 15 is 0 Å². The Bertz CT molecular complexity index is 832. The summed E-state index contributed by atoms with van der Waals surface area (Å²) in [6.07, 6.45) is 3.56.